The third-order valence-corrected chi connectivity index (χ3v) is 5.56. The second kappa shape index (κ2) is 8.34. The van der Waals surface area contributed by atoms with Crippen molar-refractivity contribution in [3.63, 3.8) is 0 Å². The summed E-state index contributed by atoms with van der Waals surface area (Å²) in [6, 6.07) is 15.0. The second-order valence-corrected chi connectivity index (χ2v) is 7.33. The number of para-hydroxylation sites is 3. The number of fused-ring (bicyclic) bond motifs is 1. The number of hydrogen-bond donors (Lipinski definition) is 1. The number of aryl methyl sites for hydroxylation is 1. The van der Waals surface area contributed by atoms with Gasteiger partial charge in [0.15, 0.2) is 0 Å². The Balaban J connectivity index is 1.29. The topological polar surface area (TPSA) is 82.5 Å². The number of nitro benzene ring substituents is 1. The molecule has 1 aliphatic rings. The number of nitrogens with zero attached hydrogens (tertiary/aromatic N) is 3. The molecule has 1 saturated heterocycles. The molecule has 7 heteroatoms. The van der Waals surface area contributed by atoms with Gasteiger partial charge in [-0.15, -0.1) is 0 Å². The lowest BCUT2D eigenvalue weighted by Crippen LogP contribution is -2.48. The molecule has 0 bridgehead atoms. The standard InChI is InChI=1S/C22H24N4O3/c27-22(11-5-6-17-16-23-19-8-2-1-7-18(17)19)25-14-12-24(13-15-25)20-9-3-4-10-21(20)26(28)29/h1-4,7-10,16,23H,5-6,11-15H2. The van der Waals surface area contributed by atoms with E-state index in [9.17, 15) is 14.9 Å². The van der Waals surface area contributed by atoms with E-state index in [1.807, 2.05) is 34.2 Å². The molecule has 3 aromatic rings. The van der Waals surface area contributed by atoms with E-state index in [2.05, 4.69) is 17.1 Å². The maximum Gasteiger partial charge on any atom is 0.292 e. The first kappa shape index (κ1) is 19.0. The number of carbonyl (C=O) groups is 1. The molecule has 7 nitrogen and oxygen atoms in total. The van der Waals surface area contributed by atoms with Gasteiger partial charge in [0.25, 0.3) is 5.69 Å². The maximum absolute atomic E-state index is 12.6. The number of benzene rings is 2. The number of aromatic nitrogens is 1. The highest BCUT2D eigenvalue weighted by molar-refractivity contribution is 5.83. The number of rotatable bonds is 6. The Morgan fingerprint density at radius 1 is 1.03 bits per heavy atom. The highest BCUT2D eigenvalue weighted by Gasteiger charge is 2.25. The molecule has 1 aromatic heterocycles. The Labute approximate surface area is 169 Å². The number of amides is 1. The van der Waals surface area contributed by atoms with Crippen molar-refractivity contribution in [3.8, 4) is 0 Å². The van der Waals surface area contributed by atoms with E-state index in [1.54, 1.807) is 12.1 Å². The molecule has 0 aliphatic carbocycles. The van der Waals surface area contributed by atoms with E-state index in [4.69, 9.17) is 0 Å². The largest absolute Gasteiger partial charge is 0.362 e. The number of H-pyrrole nitrogens is 1. The molecular weight excluding hydrogens is 368 g/mol. The summed E-state index contributed by atoms with van der Waals surface area (Å²) < 4.78 is 0. The third-order valence-electron chi connectivity index (χ3n) is 5.56. The summed E-state index contributed by atoms with van der Waals surface area (Å²) in [4.78, 5) is 30.6. The molecule has 2 heterocycles. The van der Waals surface area contributed by atoms with Gasteiger partial charge in [0, 0.05) is 55.8 Å². The van der Waals surface area contributed by atoms with Crippen LogP contribution in [0.3, 0.4) is 0 Å². The third kappa shape index (κ3) is 4.08. The fourth-order valence-electron chi connectivity index (χ4n) is 4.01. The molecule has 0 saturated carbocycles. The van der Waals surface area contributed by atoms with Gasteiger partial charge in [0.05, 0.1) is 4.92 Å². The van der Waals surface area contributed by atoms with E-state index in [1.165, 1.54) is 17.0 Å². The van der Waals surface area contributed by atoms with Crippen LogP contribution in [0, 0.1) is 10.1 Å². The molecule has 1 amide bonds. The second-order valence-electron chi connectivity index (χ2n) is 7.33. The fourth-order valence-corrected chi connectivity index (χ4v) is 4.01. The number of nitrogens with one attached hydrogen (secondary N) is 1. The minimum atomic E-state index is -0.350. The van der Waals surface area contributed by atoms with E-state index in [0.717, 1.165) is 18.4 Å². The molecule has 2 aromatic carbocycles. The number of nitro groups is 1. The Morgan fingerprint density at radius 2 is 1.76 bits per heavy atom. The van der Waals surface area contributed by atoms with Gasteiger partial charge in [-0.05, 0) is 30.5 Å². The molecule has 29 heavy (non-hydrogen) atoms. The van der Waals surface area contributed by atoms with Crippen LogP contribution in [0.4, 0.5) is 11.4 Å². The maximum atomic E-state index is 12.6. The van der Waals surface area contributed by atoms with Gasteiger partial charge in [-0.1, -0.05) is 30.3 Å². The molecule has 1 N–H and O–H groups in total. The number of piperazine rings is 1. The van der Waals surface area contributed by atoms with Gasteiger partial charge in [0.2, 0.25) is 5.91 Å². The lowest BCUT2D eigenvalue weighted by atomic mass is 10.1. The average molecular weight is 392 g/mol. The molecule has 1 aliphatic heterocycles. The monoisotopic (exact) mass is 392 g/mol. The highest BCUT2D eigenvalue weighted by atomic mass is 16.6. The van der Waals surface area contributed by atoms with Crippen molar-refractivity contribution < 1.29 is 9.72 Å². The van der Waals surface area contributed by atoms with Crippen molar-refractivity contribution in [1.29, 1.82) is 0 Å². The first-order valence-corrected chi connectivity index (χ1v) is 9.94. The van der Waals surface area contributed by atoms with Crippen LogP contribution in [0.1, 0.15) is 18.4 Å². The molecule has 0 spiro atoms. The van der Waals surface area contributed by atoms with Crippen molar-refractivity contribution in [2.24, 2.45) is 0 Å². The van der Waals surface area contributed by atoms with Crippen LogP contribution in [-0.4, -0.2) is 46.9 Å². The summed E-state index contributed by atoms with van der Waals surface area (Å²) in [5.74, 6) is 0.159. The van der Waals surface area contributed by atoms with Crippen molar-refractivity contribution in [2.75, 3.05) is 31.1 Å². The molecular formula is C22H24N4O3. The van der Waals surface area contributed by atoms with Gasteiger partial charge in [-0.2, -0.15) is 0 Å². The number of anilines is 1. The molecule has 0 unspecified atom stereocenters. The van der Waals surface area contributed by atoms with Crippen molar-refractivity contribution in [1.82, 2.24) is 9.88 Å². The van der Waals surface area contributed by atoms with E-state index in [0.29, 0.717) is 38.3 Å². The van der Waals surface area contributed by atoms with Gasteiger partial charge in [0.1, 0.15) is 5.69 Å². The first-order chi connectivity index (χ1) is 14.1. The van der Waals surface area contributed by atoms with Crippen LogP contribution in [0.25, 0.3) is 10.9 Å². The smallest absolute Gasteiger partial charge is 0.292 e. The molecule has 1 fully saturated rings. The van der Waals surface area contributed by atoms with E-state index >= 15 is 0 Å². The molecule has 4 rings (SSSR count). The van der Waals surface area contributed by atoms with Crippen LogP contribution >= 0.6 is 0 Å². The average Bonchev–Trinajstić information content (AvgIpc) is 3.17. The normalized spacial score (nSPS) is 14.3. The minimum absolute atomic E-state index is 0.117. The first-order valence-electron chi connectivity index (χ1n) is 9.94. The minimum Gasteiger partial charge on any atom is -0.362 e. The van der Waals surface area contributed by atoms with Crippen LogP contribution in [0.2, 0.25) is 0 Å². The molecule has 0 atom stereocenters. The predicted octanol–water partition coefficient (Wildman–Crippen LogP) is 3.75. The highest BCUT2D eigenvalue weighted by Crippen LogP contribution is 2.28. The summed E-state index contributed by atoms with van der Waals surface area (Å²) in [6.45, 7) is 2.41. The lowest BCUT2D eigenvalue weighted by molar-refractivity contribution is -0.384. The zero-order valence-electron chi connectivity index (χ0n) is 16.2. The number of aromatic amines is 1. The lowest BCUT2D eigenvalue weighted by Gasteiger charge is -2.35. The van der Waals surface area contributed by atoms with Crippen LogP contribution in [0.5, 0.6) is 0 Å². The van der Waals surface area contributed by atoms with E-state index < -0.39 is 0 Å². The predicted molar refractivity (Wildman–Crippen MR) is 113 cm³/mol. The Hall–Kier alpha value is -3.35. The van der Waals surface area contributed by atoms with Gasteiger partial charge in [-0.3, -0.25) is 14.9 Å². The summed E-state index contributed by atoms with van der Waals surface area (Å²) in [5.41, 5.74) is 3.12. The summed E-state index contributed by atoms with van der Waals surface area (Å²) in [6.07, 6.45) is 4.22. The van der Waals surface area contributed by atoms with Crippen molar-refractivity contribution >= 4 is 28.2 Å². The fraction of sp³-hybridized carbons (Fsp3) is 0.318. The van der Waals surface area contributed by atoms with Crippen molar-refractivity contribution in [2.45, 2.75) is 19.3 Å². The number of carbonyl (C=O) groups excluding carboxylic acids is 1. The Kier molecular flexibility index (Phi) is 5.46. The summed E-state index contributed by atoms with van der Waals surface area (Å²) >= 11 is 0. The summed E-state index contributed by atoms with van der Waals surface area (Å²) in [7, 11) is 0. The summed E-state index contributed by atoms with van der Waals surface area (Å²) in [5, 5.41) is 12.5. The molecule has 150 valence electrons. The quantitative estimate of drug-likeness (QED) is 0.512. The van der Waals surface area contributed by atoms with Gasteiger partial charge >= 0.3 is 0 Å². The Morgan fingerprint density at radius 3 is 2.55 bits per heavy atom. The van der Waals surface area contributed by atoms with E-state index in [-0.39, 0.29) is 16.5 Å². The van der Waals surface area contributed by atoms with Crippen LogP contribution in [0.15, 0.2) is 54.7 Å². The number of hydrogen-bond acceptors (Lipinski definition) is 4. The zero-order valence-corrected chi connectivity index (χ0v) is 16.2. The van der Waals surface area contributed by atoms with Crippen LogP contribution in [-0.2, 0) is 11.2 Å². The van der Waals surface area contributed by atoms with Gasteiger partial charge in [-0.25, -0.2) is 0 Å². The molecule has 0 radical (unpaired) electrons. The SMILES string of the molecule is O=C(CCCc1c[nH]c2ccccc12)N1CCN(c2ccccc2[N+](=O)[O-])CC1. The van der Waals surface area contributed by atoms with Crippen molar-refractivity contribution in [3.05, 3.63) is 70.4 Å². The zero-order chi connectivity index (χ0) is 20.2. The Bertz CT molecular complexity index is 1020. The van der Waals surface area contributed by atoms with Gasteiger partial charge < -0.3 is 14.8 Å². The van der Waals surface area contributed by atoms with Crippen LogP contribution < -0.4 is 4.90 Å².